The minimum atomic E-state index is -0.247. The number of carbonyl (C=O) groups excluding carboxylic acids is 2. The fourth-order valence-electron chi connectivity index (χ4n) is 3.09. The molecule has 1 atom stereocenters. The molecule has 3 rings (SSSR count). The smallest absolute Gasteiger partial charge is 0.322 e. The Morgan fingerprint density at radius 3 is 2.79 bits per heavy atom. The van der Waals surface area contributed by atoms with E-state index in [0.29, 0.717) is 37.0 Å². The summed E-state index contributed by atoms with van der Waals surface area (Å²) in [5, 5.41) is 3.57. The van der Waals surface area contributed by atoms with Crippen molar-refractivity contribution < 1.29 is 14.3 Å². The number of rotatable bonds is 4. The number of anilines is 1. The Balaban J connectivity index is 1.64. The van der Waals surface area contributed by atoms with Crippen LogP contribution in [0, 0.1) is 0 Å². The van der Waals surface area contributed by atoms with Crippen LogP contribution in [0.3, 0.4) is 0 Å². The summed E-state index contributed by atoms with van der Waals surface area (Å²) in [6, 6.07) is 14.8. The number of carbonyl (C=O) groups is 2. The molecule has 6 nitrogen and oxygen atoms in total. The lowest BCUT2D eigenvalue weighted by Crippen LogP contribution is -2.44. The Kier molecular flexibility index (Phi) is 6.54. The van der Waals surface area contributed by atoms with E-state index >= 15 is 0 Å². The molecule has 0 aliphatic carbocycles. The molecule has 0 saturated carbocycles. The highest BCUT2D eigenvalue weighted by Crippen LogP contribution is 2.28. The van der Waals surface area contributed by atoms with Gasteiger partial charge in [-0.25, -0.2) is 4.79 Å². The van der Waals surface area contributed by atoms with Crippen molar-refractivity contribution >= 4 is 29.2 Å². The fraction of sp³-hybridized carbons (Fsp3) is 0.333. The van der Waals surface area contributed by atoms with Crippen LogP contribution in [-0.2, 0) is 16.1 Å². The second-order valence-electron chi connectivity index (χ2n) is 6.83. The number of hydrogen-bond donors (Lipinski definition) is 1. The van der Waals surface area contributed by atoms with Gasteiger partial charge in [0.2, 0.25) is 5.91 Å². The van der Waals surface area contributed by atoms with E-state index in [4.69, 9.17) is 16.3 Å². The summed E-state index contributed by atoms with van der Waals surface area (Å²) in [6.07, 6.45) is -0.247. The summed E-state index contributed by atoms with van der Waals surface area (Å²) in [6.45, 7) is 3.42. The molecule has 1 heterocycles. The molecule has 1 N–H and O–H groups in total. The molecule has 1 saturated heterocycles. The van der Waals surface area contributed by atoms with E-state index < -0.39 is 0 Å². The van der Waals surface area contributed by atoms with Crippen molar-refractivity contribution in [2.75, 3.05) is 32.1 Å². The molecule has 0 radical (unpaired) electrons. The Morgan fingerprint density at radius 1 is 1.25 bits per heavy atom. The van der Waals surface area contributed by atoms with Crippen molar-refractivity contribution in [3.63, 3.8) is 0 Å². The molecule has 0 bridgehead atoms. The monoisotopic (exact) mass is 401 g/mol. The summed E-state index contributed by atoms with van der Waals surface area (Å²) in [5.74, 6) is -0.00614. The molecule has 0 aromatic heterocycles. The SMILES string of the molecule is CC(=O)N(C)Cc1cccc(NC(=O)N2CCOC(c3ccccc3Cl)C2)c1. The van der Waals surface area contributed by atoms with Crippen LogP contribution in [0.4, 0.5) is 10.5 Å². The third-order valence-electron chi connectivity index (χ3n) is 4.74. The standard InChI is InChI=1S/C21H24ClN3O3/c1-15(26)24(2)13-16-6-5-7-17(12-16)23-21(27)25-10-11-28-20(14-25)18-8-3-4-9-19(18)22/h3-9,12,20H,10-11,13-14H2,1-2H3,(H,23,27). The number of urea groups is 1. The average molecular weight is 402 g/mol. The van der Waals surface area contributed by atoms with Gasteiger partial charge in [0.15, 0.2) is 0 Å². The molecule has 3 amide bonds. The molecule has 148 valence electrons. The van der Waals surface area contributed by atoms with Crippen molar-refractivity contribution in [1.29, 1.82) is 0 Å². The summed E-state index contributed by atoms with van der Waals surface area (Å²) in [5.41, 5.74) is 2.53. The van der Waals surface area contributed by atoms with Gasteiger partial charge in [0.05, 0.1) is 13.2 Å². The number of ether oxygens (including phenoxy) is 1. The minimum Gasteiger partial charge on any atom is -0.370 e. The van der Waals surface area contributed by atoms with Crippen LogP contribution in [0.25, 0.3) is 0 Å². The van der Waals surface area contributed by atoms with Crippen LogP contribution in [-0.4, -0.2) is 48.5 Å². The van der Waals surface area contributed by atoms with Gasteiger partial charge in [-0.05, 0) is 23.8 Å². The van der Waals surface area contributed by atoms with Gasteiger partial charge in [-0.3, -0.25) is 4.79 Å². The number of halogens is 1. The fourth-order valence-corrected chi connectivity index (χ4v) is 3.35. The normalized spacial score (nSPS) is 16.5. The van der Waals surface area contributed by atoms with E-state index in [9.17, 15) is 9.59 Å². The largest absolute Gasteiger partial charge is 0.370 e. The summed E-state index contributed by atoms with van der Waals surface area (Å²) < 4.78 is 5.82. The van der Waals surface area contributed by atoms with Crippen molar-refractivity contribution in [2.24, 2.45) is 0 Å². The lowest BCUT2D eigenvalue weighted by atomic mass is 10.1. The van der Waals surface area contributed by atoms with E-state index in [0.717, 1.165) is 11.1 Å². The third-order valence-corrected chi connectivity index (χ3v) is 5.09. The van der Waals surface area contributed by atoms with E-state index in [1.807, 2.05) is 48.5 Å². The summed E-state index contributed by atoms with van der Waals surface area (Å²) in [4.78, 5) is 27.5. The second-order valence-corrected chi connectivity index (χ2v) is 7.24. The maximum absolute atomic E-state index is 12.7. The maximum atomic E-state index is 12.7. The first-order valence-electron chi connectivity index (χ1n) is 9.16. The van der Waals surface area contributed by atoms with Crippen molar-refractivity contribution in [1.82, 2.24) is 9.80 Å². The number of benzene rings is 2. The predicted octanol–water partition coefficient (Wildman–Crippen LogP) is 3.92. The number of amides is 3. The molecule has 1 fully saturated rings. The quantitative estimate of drug-likeness (QED) is 0.844. The van der Waals surface area contributed by atoms with Crippen LogP contribution in [0.5, 0.6) is 0 Å². The molecular weight excluding hydrogens is 378 g/mol. The Hall–Kier alpha value is -2.57. The summed E-state index contributed by atoms with van der Waals surface area (Å²) in [7, 11) is 1.75. The first-order chi connectivity index (χ1) is 13.4. The number of nitrogens with one attached hydrogen (secondary N) is 1. The van der Waals surface area contributed by atoms with E-state index in [-0.39, 0.29) is 18.0 Å². The first-order valence-corrected chi connectivity index (χ1v) is 9.54. The first kappa shape index (κ1) is 20.2. The van der Waals surface area contributed by atoms with Gasteiger partial charge in [-0.2, -0.15) is 0 Å². The van der Waals surface area contributed by atoms with Crippen molar-refractivity contribution in [3.05, 3.63) is 64.7 Å². The van der Waals surface area contributed by atoms with Crippen molar-refractivity contribution in [3.8, 4) is 0 Å². The molecule has 1 aliphatic heterocycles. The highest BCUT2D eigenvalue weighted by molar-refractivity contribution is 6.31. The van der Waals surface area contributed by atoms with Gasteiger partial charge in [0.25, 0.3) is 0 Å². The minimum absolute atomic E-state index is 0.00614. The number of hydrogen-bond acceptors (Lipinski definition) is 3. The van der Waals surface area contributed by atoms with Crippen LogP contribution in [0.2, 0.25) is 5.02 Å². The molecule has 7 heteroatoms. The highest BCUT2D eigenvalue weighted by Gasteiger charge is 2.26. The zero-order valence-electron chi connectivity index (χ0n) is 16.0. The van der Waals surface area contributed by atoms with E-state index in [2.05, 4.69) is 5.32 Å². The second kappa shape index (κ2) is 9.08. The molecule has 0 spiro atoms. The Labute approximate surface area is 170 Å². The zero-order valence-corrected chi connectivity index (χ0v) is 16.8. The summed E-state index contributed by atoms with van der Waals surface area (Å²) >= 11 is 6.27. The predicted molar refractivity (Wildman–Crippen MR) is 109 cm³/mol. The van der Waals surface area contributed by atoms with Crippen LogP contribution < -0.4 is 5.32 Å². The topological polar surface area (TPSA) is 61.9 Å². The van der Waals surface area contributed by atoms with E-state index in [1.54, 1.807) is 16.8 Å². The number of nitrogens with zero attached hydrogens (tertiary/aromatic N) is 2. The molecular formula is C21H24ClN3O3. The number of morpholine rings is 1. The highest BCUT2D eigenvalue weighted by atomic mass is 35.5. The molecule has 2 aromatic rings. The van der Waals surface area contributed by atoms with Gasteiger partial charge in [0.1, 0.15) is 6.10 Å². The van der Waals surface area contributed by atoms with Crippen LogP contribution in [0.1, 0.15) is 24.2 Å². The van der Waals surface area contributed by atoms with Gasteiger partial charge in [0, 0.05) is 43.3 Å². The third kappa shape index (κ3) is 5.03. The van der Waals surface area contributed by atoms with Gasteiger partial charge in [-0.1, -0.05) is 41.9 Å². The Bertz CT molecular complexity index is 858. The zero-order chi connectivity index (χ0) is 20.1. The lowest BCUT2D eigenvalue weighted by Gasteiger charge is -2.33. The van der Waals surface area contributed by atoms with Gasteiger partial charge in [-0.15, -0.1) is 0 Å². The van der Waals surface area contributed by atoms with Crippen LogP contribution >= 0.6 is 11.6 Å². The molecule has 1 unspecified atom stereocenters. The Morgan fingerprint density at radius 2 is 2.04 bits per heavy atom. The average Bonchev–Trinajstić information content (AvgIpc) is 2.68. The van der Waals surface area contributed by atoms with Gasteiger partial charge >= 0.3 is 6.03 Å². The van der Waals surface area contributed by atoms with Gasteiger partial charge < -0.3 is 19.9 Å². The molecule has 2 aromatic carbocycles. The molecule has 28 heavy (non-hydrogen) atoms. The maximum Gasteiger partial charge on any atom is 0.322 e. The lowest BCUT2D eigenvalue weighted by molar-refractivity contribution is -0.128. The van der Waals surface area contributed by atoms with Crippen molar-refractivity contribution in [2.45, 2.75) is 19.6 Å². The van der Waals surface area contributed by atoms with Crippen LogP contribution in [0.15, 0.2) is 48.5 Å². The molecule has 1 aliphatic rings. The van der Waals surface area contributed by atoms with E-state index in [1.165, 1.54) is 6.92 Å².